The number of halogens is 3. The molecule has 94 valence electrons. The Bertz CT molecular complexity index is 395. The fourth-order valence-corrected chi connectivity index (χ4v) is 1.48. The van der Waals surface area contributed by atoms with Gasteiger partial charge in [0.1, 0.15) is 0 Å². The van der Waals surface area contributed by atoms with Crippen molar-refractivity contribution in [1.82, 2.24) is 5.43 Å². The molecule has 1 aromatic rings. The topological polar surface area (TPSA) is 38.0 Å². The van der Waals surface area contributed by atoms with E-state index in [1.807, 2.05) is 6.92 Å². The molecule has 5 heteroatoms. The van der Waals surface area contributed by atoms with Crippen LogP contribution in [0.5, 0.6) is 0 Å². The molecule has 0 heterocycles. The molecule has 0 aromatic heterocycles. The molecule has 0 fully saturated rings. The molecule has 0 aliphatic carbocycles. The van der Waals surface area contributed by atoms with Crippen molar-refractivity contribution >= 4 is 0 Å². The first-order chi connectivity index (χ1) is 7.99. The van der Waals surface area contributed by atoms with Gasteiger partial charge in [0.05, 0.1) is 0 Å². The Kier molecular flexibility index (Phi) is 4.72. The largest absolute Gasteiger partial charge is 0.271 e. The number of hydrogen-bond acceptors (Lipinski definition) is 2. The van der Waals surface area contributed by atoms with Crippen LogP contribution in [0.4, 0.5) is 13.2 Å². The Morgan fingerprint density at radius 2 is 1.88 bits per heavy atom. The van der Waals surface area contributed by atoms with Crippen LogP contribution in [-0.2, 0) is 0 Å². The van der Waals surface area contributed by atoms with E-state index in [2.05, 4.69) is 12.0 Å². The first-order valence-corrected chi connectivity index (χ1v) is 5.26. The highest BCUT2D eigenvalue weighted by Crippen LogP contribution is 2.24. The summed E-state index contributed by atoms with van der Waals surface area (Å²) in [6, 6.07) is 1.39. The number of benzene rings is 1. The SMILES string of the molecule is C=C(CC)CC(NN)c1cc(F)c(F)c(F)c1. The summed E-state index contributed by atoms with van der Waals surface area (Å²) in [6.07, 6.45) is 1.18. The van der Waals surface area contributed by atoms with Crippen molar-refractivity contribution in [1.29, 1.82) is 0 Å². The summed E-state index contributed by atoms with van der Waals surface area (Å²) in [5.74, 6) is 1.40. The summed E-state index contributed by atoms with van der Waals surface area (Å²) in [5, 5.41) is 0. The predicted octanol–water partition coefficient (Wildman–Crippen LogP) is 2.96. The lowest BCUT2D eigenvalue weighted by Crippen LogP contribution is -2.28. The van der Waals surface area contributed by atoms with Crippen LogP contribution in [0.15, 0.2) is 24.3 Å². The summed E-state index contributed by atoms with van der Waals surface area (Å²) in [4.78, 5) is 0. The summed E-state index contributed by atoms with van der Waals surface area (Å²) < 4.78 is 38.9. The standard InChI is InChI=1S/C12H15F3N2/c1-3-7(2)4-11(17-16)8-5-9(13)12(15)10(14)6-8/h5-6,11,17H,2-4,16H2,1H3. The first kappa shape index (κ1) is 13.7. The van der Waals surface area contributed by atoms with Gasteiger partial charge in [-0.2, -0.15) is 0 Å². The molecule has 2 nitrogen and oxygen atoms in total. The van der Waals surface area contributed by atoms with Gasteiger partial charge in [0, 0.05) is 6.04 Å². The van der Waals surface area contributed by atoms with Crippen LogP contribution in [0.3, 0.4) is 0 Å². The second-order valence-electron chi connectivity index (χ2n) is 3.83. The summed E-state index contributed by atoms with van der Waals surface area (Å²) >= 11 is 0. The highest BCUT2D eigenvalue weighted by Gasteiger charge is 2.16. The molecule has 0 radical (unpaired) electrons. The van der Waals surface area contributed by atoms with Gasteiger partial charge in [0.15, 0.2) is 17.5 Å². The lowest BCUT2D eigenvalue weighted by molar-refractivity contribution is 0.439. The molecule has 0 aliphatic rings. The van der Waals surface area contributed by atoms with Crippen LogP contribution >= 0.6 is 0 Å². The lowest BCUT2D eigenvalue weighted by atomic mass is 9.98. The number of nitrogens with two attached hydrogens (primary N) is 1. The molecular formula is C12H15F3N2. The minimum atomic E-state index is -1.47. The van der Waals surface area contributed by atoms with Gasteiger partial charge in [-0.25, -0.2) is 13.2 Å². The Morgan fingerprint density at radius 1 is 1.35 bits per heavy atom. The van der Waals surface area contributed by atoms with E-state index in [0.29, 0.717) is 6.42 Å². The Balaban J connectivity index is 3.00. The third kappa shape index (κ3) is 3.31. The van der Waals surface area contributed by atoms with Crippen LogP contribution in [0, 0.1) is 17.5 Å². The first-order valence-electron chi connectivity index (χ1n) is 5.26. The van der Waals surface area contributed by atoms with Gasteiger partial charge in [-0.05, 0) is 30.5 Å². The summed E-state index contributed by atoms with van der Waals surface area (Å²) in [6.45, 7) is 5.71. The van der Waals surface area contributed by atoms with E-state index in [0.717, 1.165) is 24.1 Å². The van der Waals surface area contributed by atoms with E-state index in [4.69, 9.17) is 5.84 Å². The maximum Gasteiger partial charge on any atom is 0.194 e. The third-order valence-corrected chi connectivity index (χ3v) is 2.60. The number of hydrogen-bond donors (Lipinski definition) is 2. The van der Waals surface area contributed by atoms with E-state index in [9.17, 15) is 13.2 Å². The monoisotopic (exact) mass is 244 g/mol. The van der Waals surface area contributed by atoms with E-state index < -0.39 is 23.5 Å². The molecule has 3 N–H and O–H groups in total. The normalized spacial score (nSPS) is 12.5. The zero-order chi connectivity index (χ0) is 13.0. The summed E-state index contributed by atoms with van der Waals surface area (Å²) in [7, 11) is 0. The molecule has 0 amide bonds. The van der Waals surface area contributed by atoms with Crippen LogP contribution in [0.2, 0.25) is 0 Å². The zero-order valence-electron chi connectivity index (χ0n) is 9.56. The molecule has 17 heavy (non-hydrogen) atoms. The summed E-state index contributed by atoms with van der Waals surface area (Å²) in [5.41, 5.74) is 3.59. The number of nitrogens with one attached hydrogen (secondary N) is 1. The van der Waals surface area contributed by atoms with Gasteiger partial charge in [0.25, 0.3) is 0 Å². The molecule has 0 spiro atoms. The van der Waals surface area contributed by atoms with Crippen LogP contribution in [0.25, 0.3) is 0 Å². The van der Waals surface area contributed by atoms with E-state index in [1.165, 1.54) is 0 Å². The highest BCUT2D eigenvalue weighted by atomic mass is 19.2. The fourth-order valence-electron chi connectivity index (χ4n) is 1.48. The van der Waals surface area contributed by atoms with Crippen molar-refractivity contribution in [2.45, 2.75) is 25.8 Å². The third-order valence-electron chi connectivity index (χ3n) is 2.60. The van der Waals surface area contributed by atoms with Gasteiger partial charge in [-0.3, -0.25) is 11.3 Å². The highest BCUT2D eigenvalue weighted by molar-refractivity contribution is 5.24. The van der Waals surface area contributed by atoms with Crippen LogP contribution < -0.4 is 11.3 Å². The smallest absolute Gasteiger partial charge is 0.194 e. The second-order valence-corrected chi connectivity index (χ2v) is 3.83. The lowest BCUT2D eigenvalue weighted by Gasteiger charge is -2.17. The molecule has 0 bridgehead atoms. The maximum atomic E-state index is 13.1. The zero-order valence-corrected chi connectivity index (χ0v) is 9.56. The van der Waals surface area contributed by atoms with Crippen LogP contribution in [-0.4, -0.2) is 0 Å². The Morgan fingerprint density at radius 3 is 2.29 bits per heavy atom. The molecule has 0 aliphatic heterocycles. The van der Waals surface area contributed by atoms with Gasteiger partial charge < -0.3 is 0 Å². The van der Waals surface area contributed by atoms with Gasteiger partial charge in [-0.1, -0.05) is 19.1 Å². The van der Waals surface area contributed by atoms with Crippen molar-refractivity contribution in [2.24, 2.45) is 5.84 Å². The minimum Gasteiger partial charge on any atom is -0.271 e. The second kappa shape index (κ2) is 5.84. The molecular weight excluding hydrogens is 229 g/mol. The Hall–Kier alpha value is -1.33. The van der Waals surface area contributed by atoms with Gasteiger partial charge in [0.2, 0.25) is 0 Å². The van der Waals surface area contributed by atoms with Crippen molar-refractivity contribution in [3.63, 3.8) is 0 Å². The number of hydrazine groups is 1. The Labute approximate surface area is 98.3 Å². The molecule has 0 saturated heterocycles. The average Bonchev–Trinajstić information content (AvgIpc) is 2.31. The fraction of sp³-hybridized carbons (Fsp3) is 0.333. The molecule has 1 unspecified atom stereocenters. The quantitative estimate of drug-likeness (QED) is 0.361. The minimum absolute atomic E-state index is 0.263. The van der Waals surface area contributed by atoms with E-state index in [-0.39, 0.29) is 5.56 Å². The number of rotatable bonds is 5. The van der Waals surface area contributed by atoms with Crippen molar-refractivity contribution < 1.29 is 13.2 Å². The predicted molar refractivity (Wildman–Crippen MR) is 60.4 cm³/mol. The van der Waals surface area contributed by atoms with Crippen molar-refractivity contribution in [2.75, 3.05) is 0 Å². The van der Waals surface area contributed by atoms with Crippen molar-refractivity contribution in [3.05, 3.63) is 47.3 Å². The average molecular weight is 244 g/mol. The van der Waals surface area contributed by atoms with Crippen LogP contribution in [0.1, 0.15) is 31.4 Å². The van der Waals surface area contributed by atoms with Gasteiger partial charge >= 0.3 is 0 Å². The molecule has 0 saturated carbocycles. The molecule has 1 aromatic carbocycles. The van der Waals surface area contributed by atoms with Gasteiger partial charge in [-0.15, -0.1) is 0 Å². The van der Waals surface area contributed by atoms with Crippen molar-refractivity contribution in [3.8, 4) is 0 Å². The molecule has 1 atom stereocenters. The van der Waals surface area contributed by atoms with E-state index >= 15 is 0 Å². The maximum absolute atomic E-state index is 13.1. The molecule has 1 rings (SSSR count). The van der Waals surface area contributed by atoms with E-state index in [1.54, 1.807) is 0 Å².